The van der Waals surface area contributed by atoms with Gasteiger partial charge in [0.25, 0.3) is 5.91 Å². The fourth-order valence-electron chi connectivity index (χ4n) is 1.40. The molecule has 0 fully saturated rings. The molecule has 5 heteroatoms. The molecule has 0 saturated carbocycles. The van der Waals surface area contributed by atoms with Gasteiger partial charge in [-0.2, -0.15) is 0 Å². The van der Waals surface area contributed by atoms with Crippen LogP contribution < -0.4 is 0 Å². The zero-order valence-electron chi connectivity index (χ0n) is 9.99. The Morgan fingerprint density at radius 2 is 2.19 bits per heavy atom. The van der Waals surface area contributed by atoms with E-state index in [2.05, 4.69) is 16.2 Å². The molecule has 88 valence electrons. The number of carbonyl (C=O) groups is 1. The number of nitrogens with zero attached hydrogens (tertiary/aromatic N) is 3. The van der Waals surface area contributed by atoms with Gasteiger partial charge in [0.2, 0.25) is 0 Å². The number of aryl methyl sites for hydroxylation is 1. The Labute approximate surface area is 100 Å². The van der Waals surface area contributed by atoms with Gasteiger partial charge in [0.05, 0.1) is 5.69 Å². The first kappa shape index (κ1) is 12.8. The molecule has 1 aromatic rings. The summed E-state index contributed by atoms with van der Waals surface area (Å²) < 4.78 is 3.83. The fraction of sp³-hybridized carbons (Fsp3) is 0.545. The summed E-state index contributed by atoms with van der Waals surface area (Å²) in [4.78, 5) is 14.6. The maximum Gasteiger partial charge on any atom is 0.267 e. The van der Waals surface area contributed by atoms with E-state index < -0.39 is 0 Å². The number of rotatable bonds is 5. The van der Waals surface area contributed by atoms with Gasteiger partial charge in [0.1, 0.15) is 4.88 Å². The Morgan fingerprint density at radius 1 is 1.50 bits per heavy atom. The Balaban J connectivity index is 2.86. The summed E-state index contributed by atoms with van der Waals surface area (Å²) in [6.07, 6.45) is 0.738. The van der Waals surface area contributed by atoms with Crippen LogP contribution >= 0.6 is 11.5 Å². The molecule has 4 nitrogen and oxygen atoms in total. The van der Waals surface area contributed by atoms with E-state index in [1.807, 2.05) is 20.8 Å². The average molecular weight is 239 g/mol. The molecule has 16 heavy (non-hydrogen) atoms. The summed E-state index contributed by atoms with van der Waals surface area (Å²) in [5.74, 6) is 0.0114. The zero-order valence-corrected chi connectivity index (χ0v) is 10.8. The van der Waals surface area contributed by atoms with Crippen LogP contribution in [-0.2, 0) is 6.42 Å². The molecule has 0 aromatic carbocycles. The number of aromatic nitrogens is 2. The highest BCUT2D eigenvalue weighted by Crippen LogP contribution is 2.14. The van der Waals surface area contributed by atoms with E-state index in [1.54, 1.807) is 4.90 Å². The third kappa shape index (κ3) is 2.88. The quantitative estimate of drug-likeness (QED) is 0.739. The summed E-state index contributed by atoms with van der Waals surface area (Å²) in [5, 5.41) is 3.95. The average Bonchev–Trinajstić information content (AvgIpc) is 2.72. The highest BCUT2D eigenvalue weighted by atomic mass is 32.1. The van der Waals surface area contributed by atoms with Crippen LogP contribution in [0.2, 0.25) is 0 Å². The highest BCUT2D eigenvalue weighted by molar-refractivity contribution is 7.08. The predicted octanol–water partition coefficient (Wildman–Crippen LogP) is 2.14. The lowest BCUT2D eigenvalue weighted by molar-refractivity contribution is 0.0782. The molecular weight excluding hydrogens is 222 g/mol. The molecule has 1 aromatic heterocycles. The zero-order chi connectivity index (χ0) is 12.1. The van der Waals surface area contributed by atoms with Crippen molar-refractivity contribution in [2.45, 2.75) is 27.2 Å². The van der Waals surface area contributed by atoms with Gasteiger partial charge < -0.3 is 4.90 Å². The highest BCUT2D eigenvalue weighted by Gasteiger charge is 2.20. The van der Waals surface area contributed by atoms with Crippen LogP contribution in [0, 0.1) is 0 Å². The molecule has 0 N–H and O–H groups in total. The first-order chi connectivity index (χ1) is 7.60. The molecule has 0 spiro atoms. The monoisotopic (exact) mass is 239 g/mol. The number of carbonyl (C=O) groups excluding carboxylic acids is 1. The predicted molar refractivity (Wildman–Crippen MR) is 65.7 cm³/mol. The summed E-state index contributed by atoms with van der Waals surface area (Å²) in [5.41, 5.74) is 1.76. The Hall–Kier alpha value is -1.23. The standard InChI is InChI=1S/C11H17N3OS/c1-5-9-10(16-13-12-9)11(15)14(6-2)7-8(3)4/h3,5-7H2,1-2,4H3. The second-order valence-electron chi connectivity index (χ2n) is 3.68. The van der Waals surface area contributed by atoms with E-state index in [4.69, 9.17) is 0 Å². The largest absolute Gasteiger partial charge is 0.334 e. The molecule has 0 unspecified atom stereocenters. The van der Waals surface area contributed by atoms with Crippen LogP contribution in [0.5, 0.6) is 0 Å². The number of amides is 1. The van der Waals surface area contributed by atoms with Crippen molar-refractivity contribution in [2.75, 3.05) is 13.1 Å². The van der Waals surface area contributed by atoms with Crippen molar-refractivity contribution < 1.29 is 4.79 Å². The van der Waals surface area contributed by atoms with Gasteiger partial charge in [-0.1, -0.05) is 23.6 Å². The molecule has 1 rings (SSSR count). The molecule has 0 saturated heterocycles. The smallest absolute Gasteiger partial charge is 0.267 e. The molecule has 0 bridgehead atoms. The van der Waals surface area contributed by atoms with Crippen LogP contribution in [0.4, 0.5) is 0 Å². The number of hydrogen-bond donors (Lipinski definition) is 0. The summed E-state index contributed by atoms with van der Waals surface area (Å²) in [7, 11) is 0. The van der Waals surface area contributed by atoms with Crippen LogP contribution in [-0.4, -0.2) is 33.5 Å². The van der Waals surface area contributed by atoms with Crippen molar-refractivity contribution in [1.82, 2.24) is 14.5 Å². The van der Waals surface area contributed by atoms with Gasteiger partial charge in [-0.15, -0.1) is 5.10 Å². The van der Waals surface area contributed by atoms with Crippen molar-refractivity contribution in [1.29, 1.82) is 0 Å². The maximum atomic E-state index is 12.2. The minimum absolute atomic E-state index is 0.0114. The second kappa shape index (κ2) is 5.75. The van der Waals surface area contributed by atoms with Crippen molar-refractivity contribution >= 4 is 17.4 Å². The van der Waals surface area contributed by atoms with Crippen molar-refractivity contribution in [3.8, 4) is 0 Å². The Morgan fingerprint density at radius 3 is 2.69 bits per heavy atom. The topological polar surface area (TPSA) is 46.1 Å². The van der Waals surface area contributed by atoms with Crippen LogP contribution in [0.3, 0.4) is 0 Å². The van der Waals surface area contributed by atoms with Crippen LogP contribution in [0.1, 0.15) is 36.1 Å². The van der Waals surface area contributed by atoms with E-state index in [0.29, 0.717) is 18.0 Å². The summed E-state index contributed by atoms with van der Waals surface area (Å²) in [6, 6.07) is 0. The van der Waals surface area contributed by atoms with Crippen molar-refractivity contribution in [3.63, 3.8) is 0 Å². The van der Waals surface area contributed by atoms with Gasteiger partial charge in [0, 0.05) is 13.1 Å². The van der Waals surface area contributed by atoms with Crippen molar-refractivity contribution in [2.24, 2.45) is 0 Å². The number of hydrogen-bond acceptors (Lipinski definition) is 4. The van der Waals surface area contributed by atoms with E-state index >= 15 is 0 Å². The molecular formula is C11H17N3OS. The van der Waals surface area contributed by atoms with E-state index in [0.717, 1.165) is 17.7 Å². The minimum Gasteiger partial charge on any atom is -0.334 e. The van der Waals surface area contributed by atoms with Gasteiger partial charge in [-0.05, 0) is 31.8 Å². The Bertz CT molecular complexity index is 386. The van der Waals surface area contributed by atoms with Gasteiger partial charge in [0.15, 0.2) is 0 Å². The van der Waals surface area contributed by atoms with Gasteiger partial charge >= 0.3 is 0 Å². The van der Waals surface area contributed by atoms with Gasteiger partial charge in [-0.25, -0.2) is 0 Å². The molecule has 0 radical (unpaired) electrons. The third-order valence-corrected chi connectivity index (χ3v) is 2.97. The minimum atomic E-state index is 0.0114. The maximum absolute atomic E-state index is 12.2. The SMILES string of the molecule is C=C(C)CN(CC)C(=O)c1snnc1CC. The van der Waals surface area contributed by atoms with Crippen LogP contribution in [0.25, 0.3) is 0 Å². The molecule has 1 amide bonds. The fourth-order valence-corrected chi connectivity index (χ4v) is 2.12. The lowest BCUT2D eigenvalue weighted by Crippen LogP contribution is -2.32. The molecule has 0 aliphatic heterocycles. The first-order valence-electron chi connectivity index (χ1n) is 5.35. The summed E-state index contributed by atoms with van der Waals surface area (Å²) >= 11 is 1.17. The molecule has 1 heterocycles. The second-order valence-corrected chi connectivity index (χ2v) is 4.43. The lowest BCUT2D eigenvalue weighted by Gasteiger charge is -2.20. The molecule has 0 aliphatic carbocycles. The van der Waals surface area contributed by atoms with Crippen molar-refractivity contribution in [3.05, 3.63) is 22.7 Å². The van der Waals surface area contributed by atoms with E-state index in [-0.39, 0.29) is 5.91 Å². The summed E-state index contributed by atoms with van der Waals surface area (Å²) in [6.45, 7) is 10.9. The van der Waals surface area contributed by atoms with Gasteiger partial charge in [-0.3, -0.25) is 4.79 Å². The molecule has 0 aliphatic rings. The normalized spacial score (nSPS) is 10.2. The molecule has 0 atom stereocenters. The van der Waals surface area contributed by atoms with E-state index in [1.165, 1.54) is 11.5 Å². The van der Waals surface area contributed by atoms with E-state index in [9.17, 15) is 4.79 Å². The Kier molecular flexibility index (Phi) is 4.61. The van der Waals surface area contributed by atoms with Crippen LogP contribution in [0.15, 0.2) is 12.2 Å². The number of likely N-dealkylation sites (N-methyl/N-ethyl adjacent to an activating group) is 1. The first-order valence-corrected chi connectivity index (χ1v) is 6.12. The third-order valence-electron chi connectivity index (χ3n) is 2.21. The lowest BCUT2D eigenvalue weighted by atomic mass is 10.2.